The van der Waals surface area contributed by atoms with Crippen LogP contribution < -0.4 is 10.6 Å². The first-order chi connectivity index (χ1) is 12.6. The van der Waals surface area contributed by atoms with E-state index >= 15 is 0 Å². The highest BCUT2D eigenvalue weighted by atomic mass is 16.2. The monoisotopic (exact) mass is 360 g/mol. The first kappa shape index (κ1) is 18.9. The SMILES string of the molecule is Cn1nc(C(=O)NC2CCCCCC2)cc1C(=O)NC1CCCCCC1. The van der Waals surface area contributed by atoms with Crippen molar-refractivity contribution in [3.8, 4) is 0 Å². The quantitative estimate of drug-likeness (QED) is 0.809. The maximum atomic E-state index is 12.6. The van der Waals surface area contributed by atoms with Crippen molar-refractivity contribution in [2.45, 2.75) is 89.1 Å². The Balaban J connectivity index is 1.60. The Kier molecular flexibility index (Phi) is 6.69. The van der Waals surface area contributed by atoms with Crippen LogP contribution in [0, 0.1) is 0 Å². The van der Waals surface area contributed by atoms with Gasteiger partial charge in [-0.05, 0) is 25.7 Å². The number of hydrogen-bond donors (Lipinski definition) is 2. The molecule has 0 unspecified atom stereocenters. The van der Waals surface area contributed by atoms with Gasteiger partial charge in [0.15, 0.2) is 5.69 Å². The summed E-state index contributed by atoms with van der Waals surface area (Å²) in [5, 5.41) is 10.5. The van der Waals surface area contributed by atoms with E-state index in [-0.39, 0.29) is 23.9 Å². The number of aryl methyl sites for hydroxylation is 1. The van der Waals surface area contributed by atoms with Crippen LogP contribution in [0.5, 0.6) is 0 Å². The average molecular weight is 361 g/mol. The van der Waals surface area contributed by atoms with Gasteiger partial charge in [0, 0.05) is 25.2 Å². The molecule has 1 aromatic heterocycles. The van der Waals surface area contributed by atoms with E-state index in [1.54, 1.807) is 13.1 Å². The lowest BCUT2D eigenvalue weighted by Gasteiger charge is -2.15. The first-order valence-electron chi connectivity index (χ1n) is 10.3. The number of amides is 2. The zero-order valence-corrected chi connectivity index (χ0v) is 15.9. The van der Waals surface area contributed by atoms with Crippen LogP contribution >= 0.6 is 0 Å². The molecule has 0 radical (unpaired) electrons. The average Bonchev–Trinajstić information content (AvgIpc) is 2.82. The number of hydrogen-bond acceptors (Lipinski definition) is 3. The minimum absolute atomic E-state index is 0.125. The molecular formula is C20H32N4O2. The molecule has 0 saturated heterocycles. The Morgan fingerprint density at radius 1 is 0.846 bits per heavy atom. The minimum atomic E-state index is -0.166. The molecular weight excluding hydrogens is 328 g/mol. The summed E-state index contributed by atoms with van der Waals surface area (Å²) in [6, 6.07) is 2.09. The molecule has 0 atom stereocenters. The molecule has 0 bridgehead atoms. The van der Waals surface area contributed by atoms with Gasteiger partial charge in [-0.1, -0.05) is 51.4 Å². The Morgan fingerprint density at radius 3 is 1.81 bits per heavy atom. The van der Waals surface area contributed by atoms with Gasteiger partial charge in [0.2, 0.25) is 0 Å². The third-order valence-electron chi connectivity index (χ3n) is 5.73. The third-order valence-corrected chi connectivity index (χ3v) is 5.73. The van der Waals surface area contributed by atoms with Gasteiger partial charge in [0.05, 0.1) is 0 Å². The molecule has 2 N–H and O–H groups in total. The molecule has 1 heterocycles. The summed E-state index contributed by atoms with van der Waals surface area (Å²) < 4.78 is 1.52. The van der Waals surface area contributed by atoms with Crippen LogP contribution in [-0.2, 0) is 7.05 Å². The molecule has 2 saturated carbocycles. The van der Waals surface area contributed by atoms with E-state index in [9.17, 15) is 9.59 Å². The predicted octanol–water partition coefficient (Wildman–Crippen LogP) is 3.33. The van der Waals surface area contributed by atoms with Gasteiger partial charge in [-0.2, -0.15) is 5.10 Å². The van der Waals surface area contributed by atoms with E-state index < -0.39 is 0 Å². The number of nitrogens with one attached hydrogen (secondary N) is 2. The van der Waals surface area contributed by atoms with Crippen LogP contribution in [0.1, 0.15) is 98.0 Å². The van der Waals surface area contributed by atoms with Crippen LogP contribution in [-0.4, -0.2) is 33.7 Å². The normalized spacial score (nSPS) is 20.2. The Labute approximate surface area is 156 Å². The summed E-state index contributed by atoms with van der Waals surface area (Å²) in [6.07, 6.45) is 13.8. The van der Waals surface area contributed by atoms with Gasteiger partial charge in [0.25, 0.3) is 11.8 Å². The third kappa shape index (κ3) is 5.08. The largest absolute Gasteiger partial charge is 0.348 e. The second-order valence-electron chi connectivity index (χ2n) is 7.86. The fraction of sp³-hybridized carbons (Fsp3) is 0.750. The highest BCUT2D eigenvalue weighted by Gasteiger charge is 2.22. The molecule has 3 rings (SSSR count). The molecule has 6 nitrogen and oxygen atoms in total. The molecule has 0 aliphatic heterocycles. The number of rotatable bonds is 4. The van der Waals surface area contributed by atoms with Crippen LogP contribution in [0.15, 0.2) is 6.07 Å². The van der Waals surface area contributed by atoms with E-state index in [1.807, 2.05) is 0 Å². The van der Waals surface area contributed by atoms with Crippen molar-refractivity contribution in [3.63, 3.8) is 0 Å². The van der Waals surface area contributed by atoms with Crippen molar-refractivity contribution in [3.05, 3.63) is 17.5 Å². The molecule has 144 valence electrons. The van der Waals surface area contributed by atoms with Crippen LogP contribution in [0.3, 0.4) is 0 Å². The second kappa shape index (κ2) is 9.19. The Bertz CT molecular complexity index is 609. The molecule has 2 aliphatic rings. The summed E-state index contributed by atoms with van der Waals surface area (Å²) in [5.74, 6) is -0.290. The summed E-state index contributed by atoms with van der Waals surface area (Å²) in [4.78, 5) is 25.1. The lowest BCUT2D eigenvalue weighted by Crippen LogP contribution is -2.35. The maximum absolute atomic E-state index is 12.6. The summed E-state index contributed by atoms with van der Waals surface area (Å²) >= 11 is 0. The number of nitrogens with zero attached hydrogens (tertiary/aromatic N) is 2. The molecule has 2 fully saturated rings. The standard InChI is InChI=1S/C20H32N4O2/c1-24-18(20(26)22-16-12-8-4-5-9-13-16)14-17(23-24)19(25)21-15-10-6-2-3-7-11-15/h14-16H,2-13H2,1H3,(H,21,25)(H,22,26). The highest BCUT2D eigenvalue weighted by Crippen LogP contribution is 2.19. The fourth-order valence-corrected chi connectivity index (χ4v) is 4.16. The molecule has 0 spiro atoms. The zero-order chi connectivity index (χ0) is 18.4. The lowest BCUT2D eigenvalue weighted by atomic mass is 10.1. The van der Waals surface area contributed by atoms with Crippen molar-refractivity contribution < 1.29 is 9.59 Å². The minimum Gasteiger partial charge on any atom is -0.348 e. The second-order valence-corrected chi connectivity index (χ2v) is 7.86. The van der Waals surface area contributed by atoms with Crippen LogP contribution in [0.4, 0.5) is 0 Å². The first-order valence-corrected chi connectivity index (χ1v) is 10.3. The van der Waals surface area contributed by atoms with Gasteiger partial charge in [-0.15, -0.1) is 0 Å². The molecule has 0 aromatic carbocycles. The summed E-state index contributed by atoms with van der Waals surface area (Å²) in [7, 11) is 1.73. The Hall–Kier alpha value is -1.85. The van der Waals surface area contributed by atoms with Crippen LogP contribution in [0.2, 0.25) is 0 Å². The molecule has 2 aliphatic carbocycles. The van der Waals surface area contributed by atoms with Gasteiger partial charge in [-0.3, -0.25) is 14.3 Å². The molecule has 26 heavy (non-hydrogen) atoms. The lowest BCUT2D eigenvalue weighted by molar-refractivity contribution is 0.0917. The van der Waals surface area contributed by atoms with Gasteiger partial charge in [0.1, 0.15) is 5.69 Å². The van der Waals surface area contributed by atoms with Crippen molar-refractivity contribution in [1.82, 2.24) is 20.4 Å². The maximum Gasteiger partial charge on any atom is 0.272 e. The van der Waals surface area contributed by atoms with Crippen molar-refractivity contribution in [2.75, 3.05) is 0 Å². The zero-order valence-electron chi connectivity index (χ0n) is 15.9. The van der Waals surface area contributed by atoms with E-state index in [4.69, 9.17) is 0 Å². The fourth-order valence-electron chi connectivity index (χ4n) is 4.16. The number of aromatic nitrogens is 2. The highest BCUT2D eigenvalue weighted by molar-refractivity contribution is 5.98. The molecule has 1 aromatic rings. The predicted molar refractivity (Wildman–Crippen MR) is 101 cm³/mol. The van der Waals surface area contributed by atoms with Gasteiger partial charge < -0.3 is 10.6 Å². The van der Waals surface area contributed by atoms with Crippen molar-refractivity contribution >= 4 is 11.8 Å². The van der Waals surface area contributed by atoms with Crippen molar-refractivity contribution in [2.24, 2.45) is 7.05 Å². The topological polar surface area (TPSA) is 76.0 Å². The summed E-state index contributed by atoms with van der Waals surface area (Å²) in [6.45, 7) is 0. The molecule has 6 heteroatoms. The number of carbonyl (C=O) groups excluding carboxylic acids is 2. The molecule has 2 amide bonds. The van der Waals surface area contributed by atoms with Gasteiger partial charge in [-0.25, -0.2) is 0 Å². The summed E-state index contributed by atoms with van der Waals surface area (Å²) in [5.41, 5.74) is 0.794. The smallest absolute Gasteiger partial charge is 0.272 e. The van der Waals surface area contributed by atoms with E-state index in [0.29, 0.717) is 11.4 Å². The van der Waals surface area contributed by atoms with E-state index in [1.165, 1.54) is 56.0 Å². The van der Waals surface area contributed by atoms with Gasteiger partial charge >= 0.3 is 0 Å². The Morgan fingerprint density at radius 2 is 1.31 bits per heavy atom. The van der Waals surface area contributed by atoms with Crippen molar-refractivity contribution in [1.29, 1.82) is 0 Å². The van der Waals surface area contributed by atoms with Crippen LogP contribution in [0.25, 0.3) is 0 Å². The number of carbonyl (C=O) groups is 2. The van der Waals surface area contributed by atoms with E-state index in [2.05, 4.69) is 15.7 Å². The van der Waals surface area contributed by atoms with E-state index in [0.717, 1.165) is 25.7 Å².